The number of carbonyl (C=O) groups is 1. The molecule has 4 rings (SSSR count). The van der Waals surface area contributed by atoms with Gasteiger partial charge in [0.2, 0.25) is 0 Å². The largest absolute Gasteiger partial charge is 0.466 e. The van der Waals surface area contributed by atoms with Crippen LogP contribution < -0.4 is 10.6 Å². The number of nitrogens with one attached hydrogen (secondary N) is 2. The summed E-state index contributed by atoms with van der Waals surface area (Å²) in [6, 6.07) is 5.66. The minimum absolute atomic E-state index is 0.0436. The number of carbonyl (C=O) groups excluding carboxylic acids is 1. The Kier molecular flexibility index (Phi) is 4.66. The smallest absolute Gasteiger partial charge is 0.315 e. The Balaban J connectivity index is 1.37. The predicted molar refractivity (Wildman–Crippen MR) is 105 cm³/mol. The number of hydrogen-bond donors (Lipinski definition) is 2. The number of imidazole rings is 1. The van der Waals surface area contributed by atoms with Gasteiger partial charge in [0, 0.05) is 37.1 Å². The van der Waals surface area contributed by atoms with Gasteiger partial charge in [-0.05, 0) is 36.5 Å². The maximum Gasteiger partial charge on any atom is 0.315 e. The number of hydrogen-bond acceptors (Lipinski definition) is 4. The summed E-state index contributed by atoms with van der Waals surface area (Å²) >= 11 is 0. The summed E-state index contributed by atoms with van der Waals surface area (Å²) in [5.41, 5.74) is 2.11. The zero-order valence-electron chi connectivity index (χ0n) is 16.4. The molecular weight excluding hydrogens is 354 g/mol. The number of aryl methyl sites for hydroxylation is 1. The van der Waals surface area contributed by atoms with E-state index in [1.165, 1.54) is 0 Å². The Morgan fingerprint density at radius 3 is 2.96 bits per heavy atom. The lowest BCUT2D eigenvalue weighted by Gasteiger charge is -2.34. The minimum atomic E-state index is -0.189. The minimum Gasteiger partial charge on any atom is -0.466 e. The van der Waals surface area contributed by atoms with E-state index >= 15 is 0 Å². The van der Waals surface area contributed by atoms with Crippen LogP contribution >= 0.6 is 0 Å². The maximum absolute atomic E-state index is 12.5. The Bertz CT molecular complexity index is 957. The molecule has 7 heteroatoms. The molecule has 0 saturated carbocycles. The van der Waals surface area contributed by atoms with Gasteiger partial charge in [0.05, 0.1) is 6.04 Å². The van der Waals surface area contributed by atoms with Crippen LogP contribution in [0.15, 0.2) is 47.5 Å². The van der Waals surface area contributed by atoms with Gasteiger partial charge in [-0.2, -0.15) is 0 Å². The molecule has 0 fully saturated rings. The Hall–Kier alpha value is -3.09. The molecule has 146 valence electrons. The molecule has 1 atom stereocenters. The number of fused-ring (bicyclic) bond motifs is 1. The highest BCUT2D eigenvalue weighted by Gasteiger charge is 2.35. The summed E-state index contributed by atoms with van der Waals surface area (Å²) in [5, 5.41) is 6.03. The van der Waals surface area contributed by atoms with Gasteiger partial charge in [-0.15, -0.1) is 0 Å². The first kappa shape index (κ1) is 18.3. The van der Waals surface area contributed by atoms with E-state index in [4.69, 9.17) is 4.42 Å². The quantitative estimate of drug-likeness (QED) is 0.724. The van der Waals surface area contributed by atoms with Crippen molar-refractivity contribution in [2.24, 2.45) is 5.41 Å². The third-order valence-electron chi connectivity index (χ3n) is 5.07. The molecule has 0 spiro atoms. The van der Waals surface area contributed by atoms with E-state index < -0.39 is 0 Å². The van der Waals surface area contributed by atoms with Crippen LogP contribution in [0.4, 0.5) is 4.79 Å². The molecule has 2 N–H and O–H groups in total. The number of rotatable bonds is 4. The molecule has 3 aromatic heterocycles. The molecule has 0 bridgehead atoms. The highest BCUT2D eigenvalue weighted by molar-refractivity contribution is 5.74. The van der Waals surface area contributed by atoms with Crippen molar-refractivity contribution in [3.63, 3.8) is 0 Å². The number of furan rings is 1. The topological polar surface area (TPSA) is 85.0 Å². The molecule has 7 nitrogen and oxygen atoms in total. The van der Waals surface area contributed by atoms with Crippen molar-refractivity contribution in [2.75, 3.05) is 0 Å². The molecule has 3 heterocycles. The van der Waals surface area contributed by atoms with Crippen molar-refractivity contribution in [1.82, 2.24) is 25.2 Å². The van der Waals surface area contributed by atoms with Crippen LogP contribution in [-0.4, -0.2) is 20.6 Å². The Labute approximate surface area is 164 Å². The SMILES string of the molecule is Cc1cc2c(o1)CC(C)(C)CC2NC(=O)NCc1ccc(-n2ccnc2)nc1. The maximum atomic E-state index is 12.5. The number of nitrogens with zero attached hydrogens (tertiary/aromatic N) is 3. The third-order valence-corrected chi connectivity index (χ3v) is 5.07. The fourth-order valence-electron chi connectivity index (χ4n) is 3.77. The lowest BCUT2D eigenvalue weighted by atomic mass is 9.75. The standard InChI is InChI=1S/C21H25N5O2/c1-14-8-16-17(9-21(2,3)10-18(16)28-14)25-20(27)24-12-15-4-5-19(23-11-15)26-7-6-22-13-26/h4-8,11,13,17H,9-10,12H2,1-3H3,(H2,24,25,27). The monoisotopic (exact) mass is 379 g/mol. The van der Waals surface area contributed by atoms with Crippen LogP contribution in [0.3, 0.4) is 0 Å². The highest BCUT2D eigenvalue weighted by Crippen LogP contribution is 2.41. The molecule has 3 aromatic rings. The number of urea groups is 1. The molecule has 1 aliphatic rings. The predicted octanol–water partition coefficient (Wildman–Crippen LogP) is 3.68. The van der Waals surface area contributed by atoms with Crippen molar-refractivity contribution in [2.45, 2.75) is 46.2 Å². The average molecular weight is 379 g/mol. The van der Waals surface area contributed by atoms with Gasteiger partial charge in [-0.25, -0.2) is 14.8 Å². The fraction of sp³-hybridized carbons (Fsp3) is 0.381. The van der Waals surface area contributed by atoms with Crippen molar-refractivity contribution in [3.05, 3.63) is 65.8 Å². The van der Waals surface area contributed by atoms with E-state index in [9.17, 15) is 4.79 Å². The van der Waals surface area contributed by atoms with Crippen molar-refractivity contribution in [1.29, 1.82) is 0 Å². The normalized spacial score (nSPS) is 17.8. The molecule has 28 heavy (non-hydrogen) atoms. The summed E-state index contributed by atoms with van der Waals surface area (Å²) < 4.78 is 7.67. The van der Waals surface area contributed by atoms with Gasteiger partial charge in [-0.1, -0.05) is 19.9 Å². The van der Waals surface area contributed by atoms with Gasteiger partial charge in [-0.3, -0.25) is 4.57 Å². The molecule has 0 radical (unpaired) electrons. The summed E-state index contributed by atoms with van der Waals surface area (Å²) in [5.74, 6) is 2.66. The highest BCUT2D eigenvalue weighted by atomic mass is 16.3. The molecule has 0 aromatic carbocycles. The van der Waals surface area contributed by atoms with Crippen LogP contribution in [0.25, 0.3) is 5.82 Å². The van der Waals surface area contributed by atoms with Gasteiger partial charge < -0.3 is 15.1 Å². The summed E-state index contributed by atoms with van der Waals surface area (Å²) in [6.45, 7) is 6.76. The van der Waals surface area contributed by atoms with E-state index in [-0.39, 0.29) is 17.5 Å². The van der Waals surface area contributed by atoms with E-state index in [2.05, 4.69) is 34.4 Å². The summed E-state index contributed by atoms with van der Waals surface area (Å²) in [6.07, 6.45) is 8.78. The average Bonchev–Trinajstić information content (AvgIpc) is 3.29. The Morgan fingerprint density at radius 2 is 2.25 bits per heavy atom. The number of pyridine rings is 1. The lowest BCUT2D eigenvalue weighted by molar-refractivity contribution is 0.214. The van der Waals surface area contributed by atoms with E-state index in [1.807, 2.05) is 35.9 Å². The zero-order chi connectivity index (χ0) is 19.7. The van der Waals surface area contributed by atoms with E-state index in [1.54, 1.807) is 18.7 Å². The van der Waals surface area contributed by atoms with E-state index in [0.29, 0.717) is 6.54 Å². The van der Waals surface area contributed by atoms with Crippen molar-refractivity contribution < 1.29 is 9.21 Å². The second kappa shape index (κ2) is 7.14. The van der Waals surface area contributed by atoms with E-state index in [0.717, 1.165) is 41.3 Å². The second-order valence-electron chi connectivity index (χ2n) is 8.15. The van der Waals surface area contributed by atoms with Gasteiger partial charge in [0.1, 0.15) is 23.7 Å². The Morgan fingerprint density at radius 1 is 1.39 bits per heavy atom. The van der Waals surface area contributed by atoms with Gasteiger partial charge in [0.15, 0.2) is 0 Å². The van der Waals surface area contributed by atoms with Gasteiger partial charge >= 0.3 is 6.03 Å². The molecule has 1 aliphatic carbocycles. The second-order valence-corrected chi connectivity index (χ2v) is 8.15. The molecule has 1 unspecified atom stereocenters. The van der Waals surface area contributed by atoms with Gasteiger partial charge in [0.25, 0.3) is 0 Å². The number of amides is 2. The van der Waals surface area contributed by atoms with Crippen LogP contribution in [0.2, 0.25) is 0 Å². The first-order valence-corrected chi connectivity index (χ1v) is 9.46. The van der Waals surface area contributed by atoms with Crippen LogP contribution in [0.5, 0.6) is 0 Å². The van der Waals surface area contributed by atoms with Crippen molar-refractivity contribution >= 4 is 6.03 Å². The summed E-state index contributed by atoms with van der Waals surface area (Å²) in [4.78, 5) is 20.9. The summed E-state index contributed by atoms with van der Waals surface area (Å²) in [7, 11) is 0. The zero-order valence-corrected chi connectivity index (χ0v) is 16.4. The fourth-order valence-corrected chi connectivity index (χ4v) is 3.77. The van der Waals surface area contributed by atoms with Crippen LogP contribution in [0, 0.1) is 12.3 Å². The van der Waals surface area contributed by atoms with Crippen molar-refractivity contribution in [3.8, 4) is 5.82 Å². The first-order valence-electron chi connectivity index (χ1n) is 9.46. The molecular formula is C21H25N5O2. The molecule has 2 amide bonds. The van der Waals surface area contributed by atoms with Crippen LogP contribution in [-0.2, 0) is 13.0 Å². The lowest BCUT2D eigenvalue weighted by Crippen LogP contribution is -2.41. The molecule has 0 saturated heterocycles. The molecule has 0 aliphatic heterocycles. The first-order chi connectivity index (χ1) is 13.4. The third kappa shape index (κ3) is 3.93. The van der Waals surface area contributed by atoms with Crippen LogP contribution in [0.1, 0.15) is 49.0 Å². The number of aromatic nitrogens is 3.